The summed E-state index contributed by atoms with van der Waals surface area (Å²) in [6, 6.07) is 6.16. The fourth-order valence-corrected chi connectivity index (χ4v) is 5.17. The number of pyridine rings is 1. The van der Waals surface area contributed by atoms with E-state index in [4.69, 9.17) is 0 Å². The van der Waals surface area contributed by atoms with Crippen molar-refractivity contribution in [3.63, 3.8) is 0 Å². The lowest BCUT2D eigenvalue weighted by atomic mass is 9.98. The van der Waals surface area contributed by atoms with E-state index >= 15 is 0 Å². The Labute approximate surface area is 196 Å². The second-order valence-electron chi connectivity index (χ2n) is 9.29. The summed E-state index contributed by atoms with van der Waals surface area (Å²) < 4.78 is 25.9. The monoisotopic (exact) mass is 475 g/mol. The molecule has 0 unspecified atom stereocenters. The molecule has 0 saturated heterocycles. The van der Waals surface area contributed by atoms with Gasteiger partial charge in [-0.1, -0.05) is 76.7 Å². The third kappa shape index (κ3) is 8.18. The lowest BCUT2D eigenvalue weighted by Gasteiger charge is -2.19. The zero-order chi connectivity index (χ0) is 23.7. The number of fused-ring (bicyclic) bond motifs is 1. The Morgan fingerprint density at radius 1 is 0.909 bits per heavy atom. The van der Waals surface area contributed by atoms with Crippen LogP contribution in [0.4, 0.5) is 5.69 Å². The van der Waals surface area contributed by atoms with Crippen LogP contribution in [0.2, 0.25) is 0 Å². The number of hydrogen-bond donors (Lipinski definition) is 3. The average molecular weight is 476 g/mol. The molecule has 1 heterocycles. The zero-order valence-electron chi connectivity index (χ0n) is 19.6. The zero-order valence-corrected chi connectivity index (χ0v) is 20.4. The van der Waals surface area contributed by atoms with Gasteiger partial charge in [0.25, 0.3) is 5.91 Å². The summed E-state index contributed by atoms with van der Waals surface area (Å²) in [5.74, 6) is -0.325. The lowest BCUT2D eigenvalue weighted by Crippen LogP contribution is -2.36. The minimum atomic E-state index is -3.53. The second kappa shape index (κ2) is 12.2. The van der Waals surface area contributed by atoms with Crippen molar-refractivity contribution >= 4 is 32.5 Å². The number of para-hydroxylation sites is 1. The molecule has 3 rings (SSSR count). The van der Waals surface area contributed by atoms with Gasteiger partial charge in [-0.05, 0) is 25.0 Å². The van der Waals surface area contributed by atoms with Crippen LogP contribution in [0.25, 0.3) is 10.9 Å². The highest BCUT2D eigenvalue weighted by molar-refractivity contribution is 7.92. The highest BCUT2D eigenvalue weighted by atomic mass is 32.2. The van der Waals surface area contributed by atoms with Crippen LogP contribution in [-0.4, -0.2) is 31.6 Å². The standard InChI is InChI=1S/C25H37N3O4S/c1-33(31,32)28-21-17-13-16-20-23(29)18-22(27-24(20)21)25(30)26-19-14-11-9-7-5-3-2-4-6-8-10-12-15-19/h13,16-19,28H,2-12,14-15H2,1H3,(H,26,30)(H,27,29). The SMILES string of the molecule is CS(=O)(=O)Nc1cccc2c(=O)cc(C(=O)NC3CCCCCCCCCCCCC3)[nH]c12. The van der Waals surface area contributed by atoms with Gasteiger partial charge >= 0.3 is 0 Å². The number of amides is 1. The summed E-state index contributed by atoms with van der Waals surface area (Å²) in [6.07, 6.45) is 16.5. The molecule has 33 heavy (non-hydrogen) atoms. The van der Waals surface area contributed by atoms with Gasteiger partial charge in [0, 0.05) is 17.5 Å². The molecule has 8 heteroatoms. The van der Waals surface area contributed by atoms with E-state index in [1.54, 1.807) is 18.2 Å². The minimum absolute atomic E-state index is 0.0732. The maximum Gasteiger partial charge on any atom is 0.268 e. The van der Waals surface area contributed by atoms with Crippen LogP contribution in [0.3, 0.4) is 0 Å². The van der Waals surface area contributed by atoms with E-state index in [1.165, 1.54) is 63.9 Å². The van der Waals surface area contributed by atoms with E-state index in [0.29, 0.717) is 10.9 Å². The Hall–Kier alpha value is -2.35. The lowest BCUT2D eigenvalue weighted by molar-refractivity contribution is 0.0926. The van der Waals surface area contributed by atoms with Gasteiger partial charge < -0.3 is 10.3 Å². The Bertz CT molecular complexity index is 1080. The highest BCUT2D eigenvalue weighted by Crippen LogP contribution is 2.21. The van der Waals surface area contributed by atoms with Crippen molar-refractivity contribution < 1.29 is 13.2 Å². The van der Waals surface area contributed by atoms with Crippen LogP contribution in [-0.2, 0) is 10.0 Å². The molecular formula is C25H37N3O4S. The molecule has 3 N–H and O–H groups in total. The minimum Gasteiger partial charge on any atom is -0.349 e. The van der Waals surface area contributed by atoms with Crippen LogP contribution >= 0.6 is 0 Å². The highest BCUT2D eigenvalue weighted by Gasteiger charge is 2.17. The van der Waals surface area contributed by atoms with Crippen molar-refractivity contribution in [1.29, 1.82) is 0 Å². The van der Waals surface area contributed by atoms with E-state index in [1.807, 2.05) is 0 Å². The first-order valence-corrected chi connectivity index (χ1v) is 14.2. The molecule has 0 bridgehead atoms. The molecule has 1 amide bonds. The first kappa shape index (κ1) is 25.3. The Balaban J connectivity index is 1.75. The summed E-state index contributed by atoms with van der Waals surface area (Å²) >= 11 is 0. The van der Waals surface area contributed by atoms with Crippen LogP contribution in [0.15, 0.2) is 29.1 Å². The maximum atomic E-state index is 13.1. The van der Waals surface area contributed by atoms with Crippen molar-refractivity contribution in [2.24, 2.45) is 0 Å². The Kier molecular flexibility index (Phi) is 9.35. The van der Waals surface area contributed by atoms with Crippen molar-refractivity contribution in [3.8, 4) is 0 Å². The molecule has 0 aliphatic heterocycles. The molecule has 2 aromatic rings. The predicted molar refractivity (Wildman–Crippen MR) is 134 cm³/mol. The summed E-state index contributed by atoms with van der Waals surface area (Å²) in [4.78, 5) is 28.7. The Morgan fingerprint density at radius 3 is 2.00 bits per heavy atom. The molecule has 0 radical (unpaired) electrons. The van der Waals surface area contributed by atoms with Crippen molar-refractivity contribution in [3.05, 3.63) is 40.2 Å². The normalized spacial score (nSPS) is 17.8. The molecule has 1 aromatic carbocycles. The number of aromatic nitrogens is 1. The molecule has 1 aliphatic carbocycles. The van der Waals surface area contributed by atoms with E-state index in [9.17, 15) is 18.0 Å². The molecule has 1 aromatic heterocycles. The van der Waals surface area contributed by atoms with E-state index in [-0.39, 0.29) is 28.8 Å². The molecule has 1 aliphatic rings. The van der Waals surface area contributed by atoms with Gasteiger partial charge in [-0.15, -0.1) is 0 Å². The molecule has 1 saturated carbocycles. The number of aromatic amines is 1. The van der Waals surface area contributed by atoms with E-state index in [2.05, 4.69) is 15.0 Å². The molecule has 0 atom stereocenters. The van der Waals surface area contributed by atoms with Crippen LogP contribution in [0.5, 0.6) is 0 Å². The number of carbonyl (C=O) groups is 1. The quantitative estimate of drug-likeness (QED) is 0.573. The van der Waals surface area contributed by atoms with Crippen LogP contribution < -0.4 is 15.5 Å². The molecule has 0 spiro atoms. The smallest absolute Gasteiger partial charge is 0.268 e. The number of rotatable bonds is 4. The number of carbonyl (C=O) groups excluding carboxylic acids is 1. The number of anilines is 1. The van der Waals surface area contributed by atoms with Gasteiger partial charge in [0.05, 0.1) is 17.5 Å². The first-order chi connectivity index (χ1) is 15.8. The summed E-state index contributed by atoms with van der Waals surface area (Å²) in [5.41, 5.74) is 0.387. The van der Waals surface area contributed by atoms with Crippen LogP contribution in [0.1, 0.15) is 94.0 Å². The van der Waals surface area contributed by atoms with Gasteiger partial charge in [0.1, 0.15) is 5.69 Å². The molecule has 1 fully saturated rings. The molecule has 7 nitrogen and oxygen atoms in total. The van der Waals surface area contributed by atoms with Crippen molar-refractivity contribution in [2.45, 2.75) is 89.5 Å². The van der Waals surface area contributed by atoms with Crippen LogP contribution in [0, 0.1) is 0 Å². The van der Waals surface area contributed by atoms with Crippen molar-refractivity contribution in [2.75, 3.05) is 11.0 Å². The second-order valence-corrected chi connectivity index (χ2v) is 11.0. The summed E-state index contributed by atoms with van der Waals surface area (Å²) in [5, 5.41) is 3.46. The number of H-pyrrole nitrogens is 1. The first-order valence-electron chi connectivity index (χ1n) is 12.3. The molecular weight excluding hydrogens is 438 g/mol. The topological polar surface area (TPSA) is 108 Å². The number of benzene rings is 1. The largest absolute Gasteiger partial charge is 0.349 e. The number of sulfonamides is 1. The number of hydrogen-bond acceptors (Lipinski definition) is 4. The third-order valence-corrected chi connectivity index (χ3v) is 6.94. The van der Waals surface area contributed by atoms with E-state index in [0.717, 1.165) is 31.9 Å². The summed E-state index contributed by atoms with van der Waals surface area (Å²) in [7, 11) is -3.53. The predicted octanol–water partition coefficient (Wildman–Crippen LogP) is 5.08. The maximum absolute atomic E-state index is 13.1. The van der Waals surface area contributed by atoms with E-state index < -0.39 is 10.0 Å². The fraction of sp³-hybridized carbons (Fsp3) is 0.600. The number of nitrogens with one attached hydrogen (secondary N) is 3. The van der Waals surface area contributed by atoms with Gasteiger partial charge in [-0.25, -0.2) is 8.42 Å². The fourth-order valence-electron chi connectivity index (χ4n) is 4.60. The van der Waals surface area contributed by atoms with Gasteiger partial charge in [0.15, 0.2) is 5.43 Å². The van der Waals surface area contributed by atoms with Gasteiger partial charge in [-0.2, -0.15) is 0 Å². The average Bonchev–Trinajstić information content (AvgIpc) is 2.75. The van der Waals surface area contributed by atoms with Crippen molar-refractivity contribution in [1.82, 2.24) is 10.3 Å². The third-order valence-electron chi connectivity index (χ3n) is 6.35. The summed E-state index contributed by atoms with van der Waals surface area (Å²) in [6.45, 7) is 0. The molecule has 182 valence electrons. The van der Waals surface area contributed by atoms with Gasteiger partial charge in [-0.3, -0.25) is 14.3 Å². The van der Waals surface area contributed by atoms with Gasteiger partial charge in [0.2, 0.25) is 10.0 Å². The Morgan fingerprint density at radius 2 is 1.45 bits per heavy atom.